The van der Waals surface area contributed by atoms with Crippen molar-refractivity contribution in [3.8, 4) is 0 Å². The van der Waals surface area contributed by atoms with Gasteiger partial charge in [0.1, 0.15) is 0 Å². The van der Waals surface area contributed by atoms with E-state index in [-0.39, 0.29) is 11.9 Å². The van der Waals surface area contributed by atoms with Crippen LogP contribution in [0.5, 0.6) is 0 Å². The molecule has 2 rings (SSSR count). The largest absolute Gasteiger partial charge is 0.349 e. The summed E-state index contributed by atoms with van der Waals surface area (Å²) >= 11 is 1.54. The third-order valence-electron chi connectivity index (χ3n) is 2.07. The average molecular weight is 219 g/mol. The molecule has 2 aromatic rings. The van der Waals surface area contributed by atoms with Gasteiger partial charge in [-0.15, -0.1) is 11.3 Å². The summed E-state index contributed by atoms with van der Waals surface area (Å²) < 4.78 is 1.16. The summed E-state index contributed by atoms with van der Waals surface area (Å²) in [6, 6.07) is 10.2. The Balaban J connectivity index is 2.32. The molecule has 0 unspecified atom stereocenters. The van der Waals surface area contributed by atoms with E-state index < -0.39 is 0 Å². The minimum Gasteiger partial charge on any atom is -0.349 e. The van der Waals surface area contributed by atoms with Crippen LogP contribution in [0.3, 0.4) is 0 Å². The second-order valence-corrected chi connectivity index (χ2v) is 4.86. The van der Waals surface area contributed by atoms with Crippen LogP contribution in [-0.4, -0.2) is 11.9 Å². The smallest absolute Gasteiger partial charge is 0.261 e. The number of thiophene rings is 1. The number of hydrogen-bond acceptors (Lipinski definition) is 2. The summed E-state index contributed by atoms with van der Waals surface area (Å²) in [6.07, 6.45) is 0. The van der Waals surface area contributed by atoms with E-state index in [1.165, 1.54) is 11.3 Å². The molecule has 15 heavy (non-hydrogen) atoms. The Morgan fingerprint density at radius 1 is 1.33 bits per heavy atom. The first kappa shape index (κ1) is 10.2. The molecule has 1 heterocycles. The lowest BCUT2D eigenvalue weighted by Crippen LogP contribution is -2.29. The number of rotatable bonds is 2. The van der Waals surface area contributed by atoms with E-state index in [2.05, 4.69) is 5.32 Å². The topological polar surface area (TPSA) is 29.1 Å². The minimum atomic E-state index is 0.0196. The van der Waals surface area contributed by atoms with Gasteiger partial charge >= 0.3 is 0 Å². The first-order valence-electron chi connectivity index (χ1n) is 4.96. The molecule has 0 saturated carbocycles. The van der Waals surface area contributed by atoms with Crippen molar-refractivity contribution in [3.63, 3.8) is 0 Å². The Morgan fingerprint density at radius 3 is 2.73 bits per heavy atom. The van der Waals surface area contributed by atoms with Crippen LogP contribution >= 0.6 is 11.3 Å². The zero-order valence-electron chi connectivity index (χ0n) is 8.78. The molecule has 0 aliphatic rings. The third-order valence-corrected chi connectivity index (χ3v) is 3.18. The number of fused-ring (bicyclic) bond motifs is 1. The quantitative estimate of drug-likeness (QED) is 0.826. The Morgan fingerprint density at radius 2 is 2.07 bits per heavy atom. The van der Waals surface area contributed by atoms with Crippen molar-refractivity contribution in [2.24, 2.45) is 0 Å². The first-order valence-corrected chi connectivity index (χ1v) is 5.78. The number of carbonyl (C=O) groups is 1. The summed E-state index contributed by atoms with van der Waals surface area (Å²) in [6.45, 7) is 3.93. The van der Waals surface area contributed by atoms with Crippen LogP contribution in [0.15, 0.2) is 30.3 Å². The third kappa shape index (κ3) is 2.18. The fraction of sp³-hybridized carbons (Fsp3) is 0.250. The van der Waals surface area contributed by atoms with Gasteiger partial charge in [-0.3, -0.25) is 4.79 Å². The van der Waals surface area contributed by atoms with Crippen molar-refractivity contribution in [1.82, 2.24) is 5.32 Å². The van der Waals surface area contributed by atoms with Gasteiger partial charge in [0, 0.05) is 10.7 Å². The van der Waals surface area contributed by atoms with Crippen LogP contribution in [0, 0.1) is 0 Å². The van der Waals surface area contributed by atoms with Crippen molar-refractivity contribution in [1.29, 1.82) is 0 Å². The number of carbonyl (C=O) groups excluding carboxylic acids is 1. The molecule has 78 valence electrons. The molecular formula is C12H13NOS. The lowest BCUT2D eigenvalue weighted by molar-refractivity contribution is 0.0947. The molecule has 1 aromatic heterocycles. The molecule has 0 aliphatic carbocycles. The van der Waals surface area contributed by atoms with Crippen LogP contribution in [-0.2, 0) is 0 Å². The SMILES string of the molecule is CC(C)NC(=O)c1cc2ccccc2s1. The van der Waals surface area contributed by atoms with E-state index in [9.17, 15) is 4.79 Å². The molecule has 0 bridgehead atoms. The molecule has 1 N–H and O–H groups in total. The summed E-state index contributed by atoms with van der Waals surface area (Å²) in [7, 11) is 0. The fourth-order valence-electron chi connectivity index (χ4n) is 1.43. The number of hydrogen-bond donors (Lipinski definition) is 1. The predicted octanol–water partition coefficient (Wildman–Crippen LogP) is 3.04. The van der Waals surface area contributed by atoms with Crippen LogP contribution in [0.25, 0.3) is 10.1 Å². The molecule has 0 spiro atoms. The predicted molar refractivity (Wildman–Crippen MR) is 64.4 cm³/mol. The van der Waals surface area contributed by atoms with Crippen LogP contribution in [0.4, 0.5) is 0 Å². The Labute approximate surface area is 92.9 Å². The maximum Gasteiger partial charge on any atom is 0.261 e. The maximum atomic E-state index is 11.7. The summed E-state index contributed by atoms with van der Waals surface area (Å²) in [5.74, 6) is 0.0196. The molecule has 0 radical (unpaired) electrons. The molecule has 1 aromatic carbocycles. The van der Waals surface area contributed by atoms with Gasteiger partial charge in [0.15, 0.2) is 0 Å². The highest BCUT2D eigenvalue weighted by Gasteiger charge is 2.10. The van der Waals surface area contributed by atoms with Crippen molar-refractivity contribution >= 4 is 27.3 Å². The zero-order chi connectivity index (χ0) is 10.8. The van der Waals surface area contributed by atoms with E-state index in [0.29, 0.717) is 0 Å². The lowest BCUT2D eigenvalue weighted by Gasteiger charge is -2.05. The fourth-order valence-corrected chi connectivity index (χ4v) is 2.39. The maximum absolute atomic E-state index is 11.7. The molecule has 3 heteroatoms. The van der Waals surface area contributed by atoms with Crippen molar-refractivity contribution in [2.45, 2.75) is 19.9 Å². The molecule has 1 amide bonds. The Bertz CT molecular complexity index is 454. The normalized spacial score (nSPS) is 10.9. The summed E-state index contributed by atoms with van der Waals surface area (Å²) in [4.78, 5) is 12.5. The van der Waals surface area contributed by atoms with Gasteiger partial charge in [0.05, 0.1) is 4.88 Å². The van der Waals surface area contributed by atoms with Gasteiger partial charge in [-0.05, 0) is 31.4 Å². The van der Waals surface area contributed by atoms with Crippen molar-refractivity contribution in [3.05, 3.63) is 35.2 Å². The molecule has 0 atom stereocenters. The van der Waals surface area contributed by atoms with Crippen molar-refractivity contribution in [2.75, 3.05) is 0 Å². The van der Waals surface area contributed by atoms with Crippen LogP contribution in [0.2, 0.25) is 0 Å². The van der Waals surface area contributed by atoms with Gasteiger partial charge in [-0.25, -0.2) is 0 Å². The van der Waals surface area contributed by atoms with E-state index in [0.717, 1.165) is 15.0 Å². The molecule has 0 fully saturated rings. The van der Waals surface area contributed by atoms with Gasteiger partial charge in [-0.1, -0.05) is 18.2 Å². The average Bonchev–Trinajstić information content (AvgIpc) is 2.59. The lowest BCUT2D eigenvalue weighted by atomic mass is 10.2. The molecule has 2 nitrogen and oxygen atoms in total. The first-order chi connectivity index (χ1) is 7.16. The second-order valence-electron chi connectivity index (χ2n) is 3.78. The van der Waals surface area contributed by atoms with Crippen LogP contribution in [0.1, 0.15) is 23.5 Å². The number of amides is 1. The van der Waals surface area contributed by atoms with E-state index in [1.807, 2.05) is 44.2 Å². The monoisotopic (exact) mass is 219 g/mol. The zero-order valence-corrected chi connectivity index (χ0v) is 9.60. The van der Waals surface area contributed by atoms with E-state index in [4.69, 9.17) is 0 Å². The van der Waals surface area contributed by atoms with Gasteiger partial charge in [0.25, 0.3) is 5.91 Å². The van der Waals surface area contributed by atoms with Crippen LogP contribution < -0.4 is 5.32 Å². The van der Waals surface area contributed by atoms with Gasteiger partial charge < -0.3 is 5.32 Å². The highest BCUT2D eigenvalue weighted by Crippen LogP contribution is 2.24. The summed E-state index contributed by atoms with van der Waals surface area (Å²) in [5.41, 5.74) is 0. The minimum absolute atomic E-state index is 0.0196. The van der Waals surface area contributed by atoms with E-state index in [1.54, 1.807) is 0 Å². The second kappa shape index (κ2) is 4.03. The molecular weight excluding hydrogens is 206 g/mol. The number of nitrogens with one attached hydrogen (secondary N) is 1. The van der Waals surface area contributed by atoms with Gasteiger partial charge in [-0.2, -0.15) is 0 Å². The summed E-state index contributed by atoms with van der Waals surface area (Å²) in [5, 5.41) is 4.03. The Kier molecular flexibility index (Phi) is 2.73. The Hall–Kier alpha value is -1.35. The van der Waals surface area contributed by atoms with Gasteiger partial charge in [0.2, 0.25) is 0 Å². The van der Waals surface area contributed by atoms with Crippen molar-refractivity contribution < 1.29 is 4.79 Å². The molecule has 0 aliphatic heterocycles. The number of benzene rings is 1. The van der Waals surface area contributed by atoms with E-state index >= 15 is 0 Å². The molecule has 0 saturated heterocycles. The highest BCUT2D eigenvalue weighted by molar-refractivity contribution is 7.20. The standard InChI is InChI=1S/C12H13NOS/c1-8(2)13-12(14)11-7-9-5-3-4-6-10(9)15-11/h3-8H,1-2H3,(H,13,14). The highest BCUT2D eigenvalue weighted by atomic mass is 32.1.